The van der Waals surface area contributed by atoms with E-state index in [0.717, 1.165) is 12.8 Å². The SMILES string of the molecule is CCOC(=O)C(=O)NC/C=C(\C)CCC=C(C)C. The molecule has 0 aromatic heterocycles. The number of carbonyl (C=O) groups is 2. The average molecular weight is 253 g/mol. The van der Waals surface area contributed by atoms with Crippen molar-refractivity contribution in [3.05, 3.63) is 23.3 Å². The minimum Gasteiger partial charge on any atom is -0.459 e. The highest BCUT2D eigenvalue weighted by atomic mass is 16.5. The van der Waals surface area contributed by atoms with Crippen LogP contribution in [0, 0.1) is 0 Å². The summed E-state index contributed by atoms with van der Waals surface area (Å²) in [4.78, 5) is 22.2. The Morgan fingerprint density at radius 1 is 1.17 bits per heavy atom. The second-order valence-electron chi connectivity index (χ2n) is 4.30. The van der Waals surface area contributed by atoms with E-state index < -0.39 is 11.9 Å². The number of hydrogen-bond acceptors (Lipinski definition) is 3. The van der Waals surface area contributed by atoms with E-state index in [2.05, 4.69) is 30.0 Å². The smallest absolute Gasteiger partial charge is 0.396 e. The summed E-state index contributed by atoms with van der Waals surface area (Å²) in [7, 11) is 0. The van der Waals surface area contributed by atoms with Crippen molar-refractivity contribution in [3.63, 3.8) is 0 Å². The van der Waals surface area contributed by atoms with Gasteiger partial charge in [-0.25, -0.2) is 4.79 Å². The molecule has 1 amide bonds. The van der Waals surface area contributed by atoms with Gasteiger partial charge in [0.2, 0.25) is 0 Å². The number of allylic oxidation sites excluding steroid dienone is 3. The molecule has 4 nitrogen and oxygen atoms in total. The van der Waals surface area contributed by atoms with Gasteiger partial charge in [-0.3, -0.25) is 4.79 Å². The van der Waals surface area contributed by atoms with Crippen molar-refractivity contribution in [1.82, 2.24) is 5.32 Å². The number of ether oxygens (including phenoxy) is 1. The predicted molar refractivity (Wildman–Crippen MR) is 72.1 cm³/mol. The Morgan fingerprint density at radius 2 is 1.83 bits per heavy atom. The lowest BCUT2D eigenvalue weighted by Crippen LogP contribution is -2.32. The molecule has 4 heteroatoms. The molecule has 0 saturated heterocycles. The van der Waals surface area contributed by atoms with Crippen LogP contribution in [-0.4, -0.2) is 25.0 Å². The Labute approximate surface area is 109 Å². The predicted octanol–water partition coefficient (Wildman–Crippen LogP) is 2.36. The Bertz CT molecular complexity index is 339. The molecule has 0 spiro atoms. The second kappa shape index (κ2) is 9.45. The Morgan fingerprint density at radius 3 is 2.39 bits per heavy atom. The van der Waals surface area contributed by atoms with Gasteiger partial charge >= 0.3 is 11.9 Å². The third kappa shape index (κ3) is 8.56. The minimum atomic E-state index is -0.826. The summed E-state index contributed by atoms with van der Waals surface area (Å²) in [5.41, 5.74) is 2.50. The standard InChI is InChI=1S/C14H23NO3/c1-5-18-14(17)13(16)15-10-9-12(4)8-6-7-11(2)3/h7,9H,5-6,8,10H2,1-4H3,(H,15,16)/b12-9+. The molecule has 1 N–H and O–H groups in total. The molecule has 0 aromatic rings. The van der Waals surface area contributed by atoms with Crippen LogP contribution in [0.3, 0.4) is 0 Å². The second-order valence-corrected chi connectivity index (χ2v) is 4.30. The van der Waals surface area contributed by atoms with Crippen molar-refractivity contribution in [3.8, 4) is 0 Å². The molecule has 0 aliphatic heterocycles. The first kappa shape index (κ1) is 16.4. The molecular weight excluding hydrogens is 230 g/mol. The number of nitrogens with one attached hydrogen (secondary N) is 1. The molecule has 102 valence electrons. The van der Waals surface area contributed by atoms with Crippen LogP contribution in [0.2, 0.25) is 0 Å². The van der Waals surface area contributed by atoms with Gasteiger partial charge in [-0.15, -0.1) is 0 Å². The fraction of sp³-hybridized carbons (Fsp3) is 0.571. The molecule has 0 rings (SSSR count). The molecular formula is C14H23NO3. The van der Waals surface area contributed by atoms with E-state index in [0.29, 0.717) is 6.54 Å². The zero-order valence-electron chi connectivity index (χ0n) is 11.7. The maximum absolute atomic E-state index is 11.2. The largest absolute Gasteiger partial charge is 0.459 e. The van der Waals surface area contributed by atoms with Gasteiger partial charge < -0.3 is 10.1 Å². The average Bonchev–Trinajstić information content (AvgIpc) is 2.28. The molecule has 0 saturated carbocycles. The molecule has 0 aliphatic carbocycles. The van der Waals surface area contributed by atoms with E-state index in [1.807, 2.05) is 13.0 Å². The van der Waals surface area contributed by atoms with Crippen molar-refractivity contribution in [2.45, 2.75) is 40.5 Å². The zero-order chi connectivity index (χ0) is 14.0. The molecule has 0 atom stereocenters. The molecule has 0 radical (unpaired) electrons. The molecule has 0 aliphatic rings. The first-order valence-corrected chi connectivity index (χ1v) is 6.21. The lowest BCUT2D eigenvalue weighted by molar-refractivity contribution is -0.154. The van der Waals surface area contributed by atoms with Crippen LogP contribution in [-0.2, 0) is 14.3 Å². The van der Waals surface area contributed by atoms with Gasteiger partial charge in [-0.1, -0.05) is 23.3 Å². The van der Waals surface area contributed by atoms with Gasteiger partial charge in [-0.05, 0) is 40.5 Å². The van der Waals surface area contributed by atoms with Gasteiger partial charge in [-0.2, -0.15) is 0 Å². The summed E-state index contributed by atoms with van der Waals surface area (Å²) >= 11 is 0. The quantitative estimate of drug-likeness (QED) is 0.449. The first-order valence-electron chi connectivity index (χ1n) is 6.21. The molecule has 18 heavy (non-hydrogen) atoms. The third-order valence-corrected chi connectivity index (χ3v) is 2.27. The third-order valence-electron chi connectivity index (χ3n) is 2.27. The van der Waals surface area contributed by atoms with E-state index in [1.165, 1.54) is 11.1 Å². The van der Waals surface area contributed by atoms with Crippen LogP contribution in [0.15, 0.2) is 23.3 Å². The minimum absolute atomic E-state index is 0.212. The fourth-order valence-corrected chi connectivity index (χ4v) is 1.28. The number of amides is 1. The van der Waals surface area contributed by atoms with Crippen LogP contribution < -0.4 is 5.32 Å². The fourth-order valence-electron chi connectivity index (χ4n) is 1.28. The van der Waals surface area contributed by atoms with Gasteiger partial charge in [0.25, 0.3) is 0 Å². The van der Waals surface area contributed by atoms with Crippen LogP contribution in [0.1, 0.15) is 40.5 Å². The van der Waals surface area contributed by atoms with E-state index in [-0.39, 0.29) is 6.61 Å². The number of carbonyl (C=O) groups excluding carboxylic acids is 2. The van der Waals surface area contributed by atoms with Crippen molar-refractivity contribution < 1.29 is 14.3 Å². The summed E-state index contributed by atoms with van der Waals surface area (Å²) in [6.45, 7) is 8.38. The lowest BCUT2D eigenvalue weighted by Gasteiger charge is -2.03. The maximum atomic E-state index is 11.2. The van der Waals surface area contributed by atoms with E-state index in [4.69, 9.17) is 0 Å². The molecule has 0 aromatic carbocycles. The summed E-state index contributed by atoms with van der Waals surface area (Å²) in [6, 6.07) is 0. The topological polar surface area (TPSA) is 55.4 Å². The van der Waals surface area contributed by atoms with Gasteiger partial charge in [0.1, 0.15) is 0 Å². The van der Waals surface area contributed by atoms with Crippen LogP contribution in [0.5, 0.6) is 0 Å². The van der Waals surface area contributed by atoms with E-state index in [9.17, 15) is 9.59 Å². The highest BCUT2D eigenvalue weighted by Gasteiger charge is 2.12. The lowest BCUT2D eigenvalue weighted by atomic mass is 10.1. The van der Waals surface area contributed by atoms with Crippen LogP contribution >= 0.6 is 0 Å². The summed E-state index contributed by atoms with van der Waals surface area (Å²) in [6.07, 6.45) is 6.04. The van der Waals surface area contributed by atoms with Gasteiger partial charge in [0.05, 0.1) is 6.61 Å². The van der Waals surface area contributed by atoms with E-state index >= 15 is 0 Å². The van der Waals surface area contributed by atoms with E-state index in [1.54, 1.807) is 6.92 Å². The van der Waals surface area contributed by atoms with Gasteiger partial charge in [0, 0.05) is 6.54 Å². The monoisotopic (exact) mass is 253 g/mol. The summed E-state index contributed by atoms with van der Waals surface area (Å²) in [5, 5.41) is 2.49. The van der Waals surface area contributed by atoms with Crippen molar-refractivity contribution in [1.29, 1.82) is 0 Å². The first-order chi connectivity index (χ1) is 8.47. The van der Waals surface area contributed by atoms with Crippen LogP contribution in [0.25, 0.3) is 0 Å². The molecule has 0 bridgehead atoms. The summed E-state index contributed by atoms with van der Waals surface area (Å²) in [5.74, 6) is -1.52. The van der Waals surface area contributed by atoms with Crippen molar-refractivity contribution in [2.24, 2.45) is 0 Å². The Hall–Kier alpha value is -1.58. The zero-order valence-corrected chi connectivity index (χ0v) is 11.7. The number of hydrogen-bond donors (Lipinski definition) is 1. The maximum Gasteiger partial charge on any atom is 0.396 e. The Kier molecular flexibility index (Phi) is 8.62. The molecule has 0 unspecified atom stereocenters. The number of esters is 1. The van der Waals surface area contributed by atoms with Gasteiger partial charge in [0.15, 0.2) is 0 Å². The highest BCUT2D eigenvalue weighted by molar-refractivity contribution is 6.32. The highest BCUT2D eigenvalue weighted by Crippen LogP contribution is 2.05. The number of rotatable bonds is 6. The summed E-state index contributed by atoms with van der Waals surface area (Å²) < 4.78 is 4.57. The van der Waals surface area contributed by atoms with Crippen LogP contribution in [0.4, 0.5) is 0 Å². The van der Waals surface area contributed by atoms with Crippen molar-refractivity contribution in [2.75, 3.05) is 13.2 Å². The molecule has 0 fully saturated rings. The Balaban J connectivity index is 3.90. The molecule has 0 heterocycles. The normalized spacial score (nSPS) is 10.8. The van der Waals surface area contributed by atoms with Crippen molar-refractivity contribution >= 4 is 11.9 Å².